The van der Waals surface area contributed by atoms with Crippen molar-refractivity contribution in [3.63, 3.8) is 0 Å². The topological polar surface area (TPSA) is 25.8 Å². The van der Waals surface area contributed by atoms with Crippen molar-refractivity contribution in [2.45, 2.75) is 0 Å². The van der Waals surface area contributed by atoms with Crippen LogP contribution in [-0.4, -0.2) is 9.97 Å². The third kappa shape index (κ3) is 2.28. The Labute approximate surface area is 114 Å². The fourth-order valence-corrected chi connectivity index (χ4v) is 2.80. The van der Waals surface area contributed by atoms with E-state index in [0.29, 0.717) is 5.03 Å². The fraction of sp³-hybridized carbons (Fsp3) is 0. The fourth-order valence-electron chi connectivity index (χ4n) is 1.64. The third-order valence-electron chi connectivity index (χ3n) is 2.48. The largest absolute Gasteiger partial charge is 0.264 e. The molecule has 0 fully saturated rings. The molecule has 18 heavy (non-hydrogen) atoms. The number of fused-ring (bicyclic) bond motifs is 1. The Balaban J connectivity index is 2.01. The molecule has 0 radical (unpaired) electrons. The van der Waals surface area contributed by atoms with Crippen LogP contribution in [0, 0.1) is 0 Å². The first-order chi connectivity index (χ1) is 8.83. The van der Waals surface area contributed by atoms with Crippen molar-refractivity contribution in [2.24, 2.45) is 0 Å². The van der Waals surface area contributed by atoms with E-state index in [-0.39, 0.29) is 0 Å². The summed E-state index contributed by atoms with van der Waals surface area (Å²) in [6.45, 7) is 0. The number of pyridine rings is 1. The summed E-state index contributed by atoms with van der Waals surface area (Å²) in [4.78, 5) is 8.56. The van der Waals surface area contributed by atoms with Crippen LogP contribution >= 0.6 is 22.9 Å². The summed E-state index contributed by atoms with van der Waals surface area (Å²) in [5.74, 6) is 0. The van der Waals surface area contributed by atoms with Gasteiger partial charge in [0.15, 0.2) is 0 Å². The van der Waals surface area contributed by atoms with Gasteiger partial charge in [0.05, 0.1) is 15.2 Å². The summed E-state index contributed by atoms with van der Waals surface area (Å²) >= 11 is 7.89. The maximum atomic E-state index is 6.29. The van der Waals surface area contributed by atoms with Crippen molar-refractivity contribution in [1.82, 2.24) is 9.97 Å². The average Bonchev–Trinajstić information content (AvgIpc) is 2.84. The molecule has 2 nitrogen and oxygen atoms in total. The van der Waals surface area contributed by atoms with Gasteiger partial charge >= 0.3 is 0 Å². The van der Waals surface area contributed by atoms with Gasteiger partial charge in [-0.15, -0.1) is 11.3 Å². The van der Waals surface area contributed by atoms with Crippen LogP contribution in [0.4, 0.5) is 0 Å². The second-order valence-corrected chi connectivity index (χ2v) is 5.20. The average molecular weight is 273 g/mol. The Kier molecular flexibility index (Phi) is 3.09. The molecule has 2 heterocycles. The van der Waals surface area contributed by atoms with Crippen LogP contribution in [0.25, 0.3) is 21.3 Å². The Bertz CT molecular complexity index is 671. The van der Waals surface area contributed by atoms with Crippen LogP contribution in [0.2, 0.25) is 0 Å². The molecule has 0 aliphatic rings. The van der Waals surface area contributed by atoms with Crippen molar-refractivity contribution >= 4 is 44.3 Å². The van der Waals surface area contributed by atoms with Gasteiger partial charge in [-0.2, -0.15) is 0 Å². The highest BCUT2D eigenvalue weighted by molar-refractivity contribution is 7.20. The molecular formula is C14H9ClN2S. The van der Waals surface area contributed by atoms with Gasteiger partial charge in [-0.1, -0.05) is 29.8 Å². The number of halogens is 1. The molecule has 0 saturated heterocycles. The van der Waals surface area contributed by atoms with Gasteiger partial charge in [0.2, 0.25) is 0 Å². The number of hydrogen-bond acceptors (Lipinski definition) is 3. The molecule has 1 aromatic carbocycles. The van der Waals surface area contributed by atoms with Crippen LogP contribution in [0.5, 0.6) is 0 Å². The van der Waals surface area contributed by atoms with Gasteiger partial charge in [0.1, 0.15) is 5.01 Å². The van der Waals surface area contributed by atoms with Gasteiger partial charge in [-0.05, 0) is 29.8 Å². The standard InChI is InChI=1S/C14H9ClN2S/c15-11(8-10-4-3-7-16-9-10)14-17-12-5-1-2-6-13(12)18-14/h1-9H/b11-8-. The molecular weight excluding hydrogens is 264 g/mol. The van der Waals surface area contributed by atoms with E-state index in [0.717, 1.165) is 20.8 Å². The van der Waals surface area contributed by atoms with Crippen molar-refractivity contribution in [2.75, 3.05) is 0 Å². The minimum Gasteiger partial charge on any atom is -0.264 e. The lowest BCUT2D eigenvalue weighted by Gasteiger charge is -1.93. The molecule has 2 aromatic heterocycles. The first kappa shape index (κ1) is 11.4. The van der Waals surface area contributed by atoms with Crippen molar-refractivity contribution in [1.29, 1.82) is 0 Å². The normalized spacial score (nSPS) is 11.9. The second-order valence-electron chi connectivity index (χ2n) is 3.77. The van der Waals surface area contributed by atoms with E-state index in [9.17, 15) is 0 Å². The van der Waals surface area contributed by atoms with Crippen LogP contribution in [0.1, 0.15) is 10.6 Å². The van der Waals surface area contributed by atoms with E-state index in [4.69, 9.17) is 11.6 Å². The predicted octanol–water partition coefficient (Wildman–Crippen LogP) is 4.43. The lowest BCUT2D eigenvalue weighted by molar-refractivity contribution is 1.32. The second kappa shape index (κ2) is 4.88. The van der Waals surface area contributed by atoms with Crippen LogP contribution < -0.4 is 0 Å². The number of benzene rings is 1. The van der Waals surface area contributed by atoms with E-state index in [1.807, 2.05) is 42.5 Å². The Morgan fingerprint density at radius 2 is 2.06 bits per heavy atom. The summed E-state index contributed by atoms with van der Waals surface area (Å²) in [5.41, 5.74) is 1.96. The van der Waals surface area contributed by atoms with Gasteiger partial charge in [-0.3, -0.25) is 4.98 Å². The van der Waals surface area contributed by atoms with Crippen molar-refractivity contribution < 1.29 is 0 Å². The number of nitrogens with zero attached hydrogens (tertiary/aromatic N) is 2. The minimum atomic E-state index is 0.643. The molecule has 4 heteroatoms. The molecule has 3 aromatic rings. The number of hydrogen-bond donors (Lipinski definition) is 0. The molecule has 0 bridgehead atoms. The summed E-state index contributed by atoms with van der Waals surface area (Å²) in [6.07, 6.45) is 5.39. The smallest absolute Gasteiger partial charge is 0.136 e. The summed E-state index contributed by atoms with van der Waals surface area (Å²) in [7, 11) is 0. The molecule has 0 aliphatic carbocycles. The van der Waals surface area contributed by atoms with Gasteiger partial charge in [0.25, 0.3) is 0 Å². The molecule has 0 atom stereocenters. The van der Waals surface area contributed by atoms with Gasteiger partial charge < -0.3 is 0 Å². The first-order valence-electron chi connectivity index (χ1n) is 5.46. The maximum Gasteiger partial charge on any atom is 0.136 e. The number of aromatic nitrogens is 2. The van der Waals surface area contributed by atoms with Crippen LogP contribution in [-0.2, 0) is 0 Å². The zero-order chi connectivity index (χ0) is 12.4. The number of thiazole rings is 1. The van der Waals surface area contributed by atoms with Crippen molar-refractivity contribution in [3.05, 3.63) is 59.4 Å². The van der Waals surface area contributed by atoms with Crippen molar-refractivity contribution in [3.8, 4) is 0 Å². The highest BCUT2D eigenvalue weighted by Crippen LogP contribution is 2.30. The van der Waals surface area contributed by atoms with Crippen LogP contribution in [0.15, 0.2) is 48.8 Å². The molecule has 0 saturated carbocycles. The Morgan fingerprint density at radius 3 is 2.83 bits per heavy atom. The molecule has 3 rings (SSSR count). The minimum absolute atomic E-state index is 0.643. The summed E-state index contributed by atoms with van der Waals surface area (Å²) < 4.78 is 1.14. The molecule has 0 aliphatic heterocycles. The van der Waals surface area contributed by atoms with Crippen LogP contribution in [0.3, 0.4) is 0 Å². The van der Waals surface area contributed by atoms with Gasteiger partial charge in [-0.25, -0.2) is 4.98 Å². The highest BCUT2D eigenvalue weighted by Gasteiger charge is 2.06. The maximum absolute atomic E-state index is 6.29. The predicted molar refractivity (Wildman–Crippen MR) is 77.6 cm³/mol. The Morgan fingerprint density at radius 1 is 1.17 bits per heavy atom. The van der Waals surface area contributed by atoms with E-state index < -0.39 is 0 Å². The zero-order valence-electron chi connectivity index (χ0n) is 9.38. The monoisotopic (exact) mass is 272 g/mol. The summed E-state index contributed by atoms with van der Waals surface area (Å²) in [6, 6.07) is 11.9. The lowest BCUT2D eigenvalue weighted by atomic mass is 10.2. The van der Waals surface area contributed by atoms with E-state index in [1.165, 1.54) is 0 Å². The SMILES string of the molecule is Cl/C(=C\c1cccnc1)c1nc2ccccc2s1. The molecule has 88 valence electrons. The molecule has 0 amide bonds. The number of para-hydroxylation sites is 1. The third-order valence-corrected chi connectivity index (χ3v) is 3.95. The van der Waals surface area contributed by atoms with E-state index in [1.54, 1.807) is 23.7 Å². The van der Waals surface area contributed by atoms with E-state index >= 15 is 0 Å². The lowest BCUT2D eigenvalue weighted by Crippen LogP contribution is -1.77. The zero-order valence-corrected chi connectivity index (χ0v) is 10.9. The first-order valence-corrected chi connectivity index (χ1v) is 6.65. The Hall–Kier alpha value is -1.71. The molecule has 0 N–H and O–H groups in total. The molecule has 0 spiro atoms. The number of rotatable bonds is 2. The van der Waals surface area contributed by atoms with E-state index in [2.05, 4.69) is 9.97 Å². The quantitative estimate of drug-likeness (QED) is 0.690. The highest BCUT2D eigenvalue weighted by atomic mass is 35.5. The molecule has 0 unspecified atom stereocenters. The summed E-state index contributed by atoms with van der Waals surface area (Å²) in [5, 5.41) is 1.48. The van der Waals surface area contributed by atoms with Gasteiger partial charge in [0, 0.05) is 12.4 Å².